The van der Waals surface area contributed by atoms with E-state index in [2.05, 4.69) is 4.72 Å². The first kappa shape index (κ1) is 16.9. The summed E-state index contributed by atoms with van der Waals surface area (Å²) in [6.07, 6.45) is 2.39. The summed E-state index contributed by atoms with van der Waals surface area (Å²) in [4.78, 5) is 0.199. The molecule has 5 nitrogen and oxygen atoms in total. The molecule has 0 radical (unpaired) electrons. The van der Waals surface area contributed by atoms with Crippen LogP contribution in [0.3, 0.4) is 0 Å². The third-order valence-electron chi connectivity index (χ3n) is 3.14. The minimum absolute atomic E-state index is 0.199. The van der Waals surface area contributed by atoms with Crippen molar-refractivity contribution in [2.45, 2.75) is 44.0 Å². The van der Waals surface area contributed by atoms with E-state index in [0.29, 0.717) is 12.3 Å². The smallest absolute Gasteiger partial charge is 0.240 e. The Kier molecular flexibility index (Phi) is 6.45. The summed E-state index contributed by atoms with van der Waals surface area (Å²) < 4.78 is 32.4. The monoisotopic (exact) mass is 300 g/mol. The van der Waals surface area contributed by atoms with Crippen LogP contribution in [0.25, 0.3) is 0 Å². The highest BCUT2D eigenvalue weighted by Gasteiger charge is 2.20. The molecule has 3 N–H and O–H groups in total. The molecule has 0 aromatic heterocycles. The molecule has 0 aliphatic carbocycles. The van der Waals surface area contributed by atoms with Gasteiger partial charge in [-0.05, 0) is 30.5 Å². The number of ether oxygens (including phenoxy) is 1. The van der Waals surface area contributed by atoms with Gasteiger partial charge in [0.2, 0.25) is 10.0 Å². The zero-order valence-electron chi connectivity index (χ0n) is 12.3. The first-order valence-electron chi connectivity index (χ1n) is 6.84. The fourth-order valence-electron chi connectivity index (χ4n) is 2.08. The second-order valence-corrected chi connectivity index (χ2v) is 6.49. The van der Waals surface area contributed by atoms with Gasteiger partial charge in [0.15, 0.2) is 0 Å². The number of aryl methyl sites for hydroxylation is 1. The van der Waals surface area contributed by atoms with Crippen molar-refractivity contribution in [3.8, 4) is 0 Å². The maximum absolute atomic E-state index is 12.3. The van der Waals surface area contributed by atoms with Crippen LogP contribution in [0.1, 0.15) is 32.3 Å². The number of nitrogens with two attached hydrogens (primary N) is 1. The number of anilines is 1. The van der Waals surface area contributed by atoms with Gasteiger partial charge in [-0.25, -0.2) is 13.1 Å². The molecule has 0 aliphatic heterocycles. The van der Waals surface area contributed by atoms with Gasteiger partial charge in [-0.2, -0.15) is 0 Å². The standard InChI is InChI=1S/C14H24N2O3S/c1-4-6-12(10-19-3)16-20(17,18)13-8-7-11(5-2)14(15)9-13/h7-9,12,16H,4-6,10,15H2,1-3H3. The fourth-order valence-corrected chi connectivity index (χ4v) is 3.37. The normalized spacial score (nSPS) is 13.3. The van der Waals surface area contributed by atoms with Crippen LogP contribution in [-0.2, 0) is 21.2 Å². The maximum Gasteiger partial charge on any atom is 0.240 e. The lowest BCUT2D eigenvalue weighted by Crippen LogP contribution is -2.37. The minimum Gasteiger partial charge on any atom is -0.398 e. The van der Waals surface area contributed by atoms with Crippen molar-refractivity contribution in [3.63, 3.8) is 0 Å². The Morgan fingerprint density at radius 2 is 2.05 bits per heavy atom. The fraction of sp³-hybridized carbons (Fsp3) is 0.571. The third-order valence-corrected chi connectivity index (χ3v) is 4.65. The van der Waals surface area contributed by atoms with E-state index in [1.54, 1.807) is 19.2 Å². The van der Waals surface area contributed by atoms with E-state index in [-0.39, 0.29) is 10.9 Å². The van der Waals surface area contributed by atoms with Crippen LogP contribution in [0.5, 0.6) is 0 Å². The average molecular weight is 300 g/mol. The molecule has 1 atom stereocenters. The zero-order valence-corrected chi connectivity index (χ0v) is 13.2. The summed E-state index contributed by atoms with van der Waals surface area (Å²) in [7, 11) is -2.00. The molecule has 20 heavy (non-hydrogen) atoms. The van der Waals surface area contributed by atoms with E-state index in [4.69, 9.17) is 10.5 Å². The zero-order chi connectivity index (χ0) is 15.2. The van der Waals surface area contributed by atoms with E-state index < -0.39 is 10.0 Å². The molecule has 0 saturated heterocycles. The van der Waals surface area contributed by atoms with Crippen molar-refractivity contribution in [1.82, 2.24) is 4.72 Å². The highest BCUT2D eigenvalue weighted by molar-refractivity contribution is 7.89. The van der Waals surface area contributed by atoms with Crippen molar-refractivity contribution in [2.24, 2.45) is 0 Å². The molecule has 1 rings (SSSR count). The van der Waals surface area contributed by atoms with Gasteiger partial charge in [-0.1, -0.05) is 26.3 Å². The van der Waals surface area contributed by atoms with Crippen LogP contribution in [-0.4, -0.2) is 28.2 Å². The molecule has 1 aromatic rings. The third kappa shape index (κ3) is 4.47. The molecule has 0 heterocycles. The summed E-state index contributed by atoms with van der Waals surface area (Å²) in [5.41, 5.74) is 7.32. The molecule has 0 spiro atoms. The summed E-state index contributed by atoms with van der Waals surface area (Å²) in [6, 6.07) is 4.64. The van der Waals surface area contributed by atoms with Crippen molar-refractivity contribution < 1.29 is 13.2 Å². The number of nitrogen functional groups attached to an aromatic ring is 1. The molecule has 0 bridgehead atoms. The molecule has 114 valence electrons. The molecular weight excluding hydrogens is 276 g/mol. The topological polar surface area (TPSA) is 81.4 Å². The van der Waals surface area contributed by atoms with Gasteiger partial charge < -0.3 is 10.5 Å². The number of hydrogen-bond donors (Lipinski definition) is 2. The van der Waals surface area contributed by atoms with Gasteiger partial charge in [-0.3, -0.25) is 0 Å². The lowest BCUT2D eigenvalue weighted by molar-refractivity contribution is 0.171. The lowest BCUT2D eigenvalue weighted by atomic mass is 10.1. The molecule has 1 unspecified atom stereocenters. The molecule has 6 heteroatoms. The summed E-state index contributed by atoms with van der Waals surface area (Å²) >= 11 is 0. The quantitative estimate of drug-likeness (QED) is 0.719. The predicted molar refractivity (Wildman–Crippen MR) is 81.1 cm³/mol. The van der Waals surface area contributed by atoms with Crippen LogP contribution < -0.4 is 10.5 Å². The van der Waals surface area contributed by atoms with Gasteiger partial charge >= 0.3 is 0 Å². The number of methoxy groups -OCH3 is 1. The second-order valence-electron chi connectivity index (χ2n) is 4.78. The minimum atomic E-state index is -3.56. The van der Waals surface area contributed by atoms with Crippen LogP contribution in [0.15, 0.2) is 23.1 Å². The number of rotatable bonds is 8. The maximum atomic E-state index is 12.3. The summed E-state index contributed by atoms with van der Waals surface area (Å²) in [6.45, 7) is 4.34. The summed E-state index contributed by atoms with van der Waals surface area (Å²) in [5.74, 6) is 0. The first-order valence-corrected chi connectivity index (χ1v) is 8.32. The number of hydrogen-bond acceptors (Lipinski definition) is 4. The molecule has 0 fully saturated rings. The first-order chi connectivity index (χ1) is 9.44. The van der Waals surface area contributed by atoms with E-state index in [0.717, 1.165) is 24.8 Å². The van der Waals surface area contributed by atoms with Crippen LogP contribution in [0.4, 0.5) is 5.69 Å². The molecule has 0 aliphatic rings. The molecule has 0 saturated carbocycles. The van der Waals surface area contributed by atoms with Crippen molar-refractivity contribution in [1.29, 1.82) is 0 Å². The Labute approximate surface area is 121 Å². The van der Waals surface area contributed by atoms with Gasteiger partial charge in [0, 0.05) is 18.8 Å². The SMILES string of the molecule is CCCC(COC)NS(=O)(=O)c1ccc(CC)c(N)c1. The molecule has 0 amide bonds. The largest absolute Gasteiger partial charge is 0.398 e. The van der Waals surface area contributed by atoms with E-state index >= 15 is 0 Å². The average Bonchev–Trinajstić information content (AvgIpc) is 2.38. The summed E-state index contributed by atoms with van der Waals surface area (Å²) in [5, 5.41) is 0. The Bertz CT molecular complexity index is 523. The molecule has 1 aromatic carbocycles. The molecular formula is C14H24N2O3S. The van der Waals surface area contributed by atoms with Gasteiger partial charge in [-0.15, -0.1) is 0 Å². The van der Waals surface area contributed by atoms with Gasteiger partial charge in [0.1, 0.15) is 0 Å². The number of benzene rings is 1. The van der Waals surface area contributed by atoms with Crippen LogP contribution in [0, 0.1) is 0 Å². The van der Waals surface area contributed by atoms with Gasteiger partial charge in [0.25, 0.3) is 0 Å². The number of nitrogens with one attached hydrogen (secondary N) is 1. The Morgan fingerprint density at radius 3 is 2.55 bits per heavy atom. The Morgan fingerprint density at radius 1 is 1.35 bits per heavy atom. The van der Waals surface area contributed by atoms with E-state index in [9.17, 15) is 8.42 Å². The lowest BCUT2D eigenvalue weighted by Gasteiger charge is -2.17. The van der Waals surface area contributed by atoms with E-state index in [1.165, 1.54) is 6.07 Å². The highest BCUT2D eigenvalue weighted by atomic mass is 32.2. The Balaban J connectivity index is 2.94. The number of sulfonamides is 1. The van der Waals surface area contributed by atoms with Crippen LogP contribution >= 0.6 is 0 Å². The Hall–Kier alpha value is -1.11. The van der Waals surface area contributed by atoms with Crippen molar-refractivity contribution >= 4 is 15.7 Å². The highest BCUT2D eigenvalue weighted by Crippen LogP contribution is 2.19. The van der Waals surface area contributed by atoms with Crippen molar-refractivity contribution in [3.05, 3.63) is 23.8 Å². The van der Waals surface area contributed by atoms with Gasteiger partial charge in [0.05, 0.1) is 11.5 Å². The van der Waals surface area contributed by atoms with E-state index in [1.807, 2.05) is 13.8 Å². The van der Waals surface area contributed by atoms with Crippen LogP contribution in [0.2, 0.25) is 0 Å². The van der Waals surface area contributed by atoms with Crippen molar-refractivity contribution in [2.75, 3.05) is 19.5 Å². The second kappa shape index (κ2) is 7.61. The predicted octanol–water partition coefficient (Wildman–Crippen LogP) is 1.92.